The number of nitrogens with zero attached hydrogens (tertiary/aromatic N) is 3. The number of nitro groups is 1. The number of halogens is 1. The van der Waals surface area contributed by atoms with Crippen LogP contribution in [0.1, 0.15) is 45.1 Å². The topological polar surface area (TPSA) is 209 Å². The predicted molar refractivity (Wildman–Crippen MR) is 156 cm³/mol. The molecule has 0 fully saturated rings. The van der Waals surface area contributed by atoms with E-state index in [4.69, 9.17) is 35.6 Å². The summed E-state index contributed by atoms with van der Waals surface area (Å²) in [6, 6.07) is 10.8. The largest absolute Gasteiger partial charge is 0.478 e. The summed E-state index contributed by atoms with van der Waals surface area (Å²) in [5, 5.41) is 16.0. The van der Waals surface area contributed by atoms with Crippen LogP contribution in [0, 0.1) is 10.1 Å². The number of hydrogen-bond acceptors (Lipinski definition) is 9. The quantitative estimate of drug-likeness (QED) is 0.0873. The fraction of sp³-hybridized carbons (Fsp3) is 0.375. The lowest BCUT2D eigenvalue weighted by atomic mass is 10.1. The number of pyridine rings is 1. The predicted octanol–water partition coefficient (Wildman–Crippen LogP) is 5.67. The van der Waals surface area contributed by atoms with Crippen molar-refractivity contribution in [3.05, 3.63) is 63.0 Å². The van der Waals surface area contributed by atoms with Gasteiger partial charge in [-0.15, -0.1) is 0 Å². The van der Waals surface area contributed by atoms with E-state index in [1.54, 1.807) is 18.2 Å². The highest BCUT2D eigenvalue weighted by Crippen LogP contribution is 2.53. The molecule has 41 heavy (non-hydrogen) atoms. The number of phosphoric acid groups is 2. The molecule has 1 aromatic carbocycles. The number of nitrogens with one attached hydrogen (secondary N) is 1. The molecule has 14 nitrogen and oxygen atoms in total. The molecule has 0 radical (unpaired) electrons. The van der Waals surface area contributed by atoms with Crippen LogP contribution in [0.5, 0.6) is 0 Å². The first-order valence-electron chi connectivity index (χ1n) is 12.4. The third-order valence-electron chi connectivity index (χ3n) is 5.62. The van der Waals surface area contributed by atoms with Crippen molar-refractivity contribution in [1.29, 1.82) is 0 Å². The summed E-state index contributed by atoms with van der Waals surface area (Å²) in [4.78, 5) is 48.4. The first-order valence-corrected chi connectivity index (χ1v) is 15.9. The summed E-state index contributed by atoms with van der Waals surface area (Å²) in [7, 11) is -10.1. The standard InChI is InChI=1S/C24H29ClN4O3.H4O7P2/c1-4-28(5-2)14-6-7-17(3)26-23-16-19(27-22-15-18(25)8-12-21(22)23)9-10-20-11-13-24(32-20)29(30)31;1-8(2,3)7-9(4,5)6/h8-13,15-17H,4-7,14H2,1-3H3,(H,26,27);(H2,1,2,3)(H2,4,5,6)/b10-9+;. The van der Waals surface area contributed by atoms with Crippen LogP contribution in [0.3, 0.4) is 0 Å². The molecule has 0 aliphatic rings. The third kappa shape index (κ3) is 12.8. The lowest BCUT2D eigenvalue weighted by Gasteiger charge is -2.21. The van der Waals surface area contributed by atoms with Gasteiger partial charge < -0.3 is 34.2 Å². The monoisotopic (exact) mass is 634 g/mol. The molecule has 5 N–H and O–H groups in total. The Kier molecular flexibility index (Phi) is 13.1. The average Bonchev–Trinajstić information content (AvgIpc) is 3.33. The van der Waals surface area contributed by atoms with Crippen molar-refractivity contribution in [1.82, 2.24) is 9.88 Å². The van der Waals surface area contributed by atoms with Gasteiger partial charge in [0, 0.05) is 22.1 Å². The maximum atomic E-state index is 10.8. The van der Waals surface area contributed by atoms with E-state index >= 15 is 0 Å². The molecule has 3 rings (SSSR count). The first kappa shape index (κ1) is 34.6. The summed E-state index contributed by atoms with van der Waals surface area (Å²) in [5.41, 5.74) is 2.46. The molecule has 1 unspecified atom stereocenters. The average molecular weight is 635 g/mol. The summed E-state index contributed by atoms with van der Waals surface area (Å²) in [6.45, 7) is 9.80. The van der Waals surface area contributed by atoms with Crippen LogP contribution in [-0.2, 0) is 13.4 Å². The second kappa shape index (κ2) is 15.5. The minimum atomic E-state index is -5.05. The fourth-order valence-electron chi connectivity index (χ4n) is 3.76. The number of furan rings is 1. The van der Waals surface area contributed by atoms with Gasteiger partial charge in [0.2, 0.25) is 0 Å². The lowest BCUT2D eigenvalue weighted by Crippen LogP contribution is -2.25. The zero-order valence-corrected chi connectivity index (χ0v) is 25.1. The minimum Gasteiger partial charge on any atom is -0.401 e. The molecular weight excluding hydrogens is 602 g/mol. The SMILES string of the molecule is CCN(CC)CCCC(C)Nc1cc(/C=C/c2ccc([N+](=O)[O-])o2)nc2cc(Cl)ccc12.O=P(O)(O)OP(=O)(O)O. The van der Waals surface area contributed by atoms with E-state index in [9.17, 15) is 19.2 Å². The van der Waals surface area contributed by atoms with Crippen LogP contribution >= 0.6 is 27.2 Å². The molecule has 0 aliphatic heterocycles. The highest BCUT2D eigenvalue weighted by Gasteiger charge is 2.28. The summed E-state index contributed by atoms with van der Waals surface area (Å²) in [5.74, 6) is 0.104. The van der Waals surface area contributed by atoms with Gasteiger partial charge >= 0.3 is 21.5 Å². The van der Waals surface area contributed by atoms with Crippen LogP contribution in [0.15, 0.2) is 40.8 Å². The van der Waals surface area contributed by atoms with Crippen LogP contribution in [0.2, 0.25) is 5.02 Å². The van der Waals surface area contributed by atoms with E-state index in [2.05, 4.69) is 40.3 Å². The van der Waals surface area contributed by atoms with Gasteiger partial charge in [0.15, 0.2) is 0 Å². The van der Waals surface area contributed by atoms with Crippen molar-refractivity contribution in [2.75, 3.05) is 25.0 Å². The highest BCUT2D eigenvalue weighted by molar-refractivity contribution is 7.60. The molecule has 0 aliphatic carbocycles. The second-order valence-electron chi connectivity index (χ2n) is 8.80. The van der Waals surface area contributed by atoms with Crippen molar-refractivity contribution in [2.24, 2.45) is 0 Å². The molecular formula is C24H33ClN4O10P2. The van der Waals surface area contributed by atoms with E-state index in [1.807, 2.05) is 24.3 Å². The number of hydrogen-bond donors (Lipinski definition) is 5. The number of rotatable bonds is 13. The summed E-state index contributed by atoms with van der Waals surface area (Å²) in [6.07, 6.45) is 5.62. The molecule has 0 saturated carbocycles. The number of aromatic nitrogens is 1. The van der Waals surface area contributed by atoms with Crippen LogP contribution in [0.4, 0.5) is 11.6 Å². The van der Waals surface area contributed by atoms with Crippen LogP contribution in [0.25, 0.3) is 23.1 Å². The Hall–Kier alpha value is -2.64. The molecule has 0 bridgehead atoms. The summed E-state index contributed by atoms with van der Waals surface area (Å²) < 4.78 is 27.4. The zero-order valence-electron chi connectivity index (χ0n) is 22.6. The van der Waals surface area contributed by atoms with E-state index < -0.39 is 20.6 Å². The van der Waals surface area contributed by atoms with Gasteiger partial charge in [-0.05, 0) is 81.9 Å². The smallest absolute Gasteiger partial charge is 0.401 e. The Balaban J connectivity index is 0.000000564. The number of fused-ring (bicyclic) bond motifs is 1. The van der Waals surface area contributed by atoms with Gasteiger partial charge in [0.05, 0.1) is 17.3 Å². The van der Waals surface area contributed by atoms with E-state index in [-0.39, 0.29) is 11.9 Å². The molecule has 2 aromatic heterocycles. The number of anilines is 1. The molecule has 0 amide bonds. The van der Waals surface area contributed by atoms with Gasteiger partial charge in [-0.25, -0.2) is 14.1 Å². The molecule has 226 valence electrons. The van der Waals surface area contributed by atoms with Gasteiger partial charge in [-0.3, -0.25) is 10.1 Å². The van der Waals surface area contributed by atoms with Gasteiger partial charge in [0.1, 0.15) is 10.7 Å². The Morgan fingerprint density at radius 1 is 1.12 bits per heavy atom. The van der Waals surface area contributed by atoms with Gasteiger partial charge in [-0.1, -0.05) is 25.4 Å². The van der Waals surface area contributed by atoms with Crippen LogP contribution < -0.4 is 5.32 Å². The van der Waals surface area contributed by atoms with Crippen molar-refractivity contribution < 1.29 is 42.4 Å². The molecule has 17 heteroatoms. The van der Waals surface area contributed by atoms with Crippen molar-refractivity contribution in [3.63, 3.8) is 0 Å². The molecule has 2 heterocycles. The van der Waals surface area contributed by atoms with E-state index in [0.29, 0.717) is 16.5 Å². The summed E-state index contributed by atoms with van der Waals surface area (Å²) >= 11 is 6.20. The van der Waals surface area contributed by atoms with Crippen molar-refractivity contribution >= 4 is 61.9 Å². The Morgan fingerprint density at radius 3 is 2.32 bits per heavy atom. The second-order valence-corrected chi connectivity index (χ2v) is 11.9. The molecule has 1 atom stereocenters. The van der Waals surface area contributed by atoms with E-state index in [0.717, 1.165) is 49.1 Å². The minimum absolute atomic E-state index is 0.288. The number of benzene rings is 1. The van der Waals surface area contributed by atoms with E-state index in [1.165, 1.54) is 6.07 Å². The van der Waals surface area contributed by atoms with Crippen molar-refractivity contribution in [3.8, 4) is 0 Å². The van der Waals surface area contributed by atoms with Gasteiger partial charge in [-0.2, -0.15) is 4.31 Å². The van der Waals surface area contributed by atoms with Crippen molar-refractivity contribution in [2.45, 2.75) is 39.7 Å². The normalized spacial score (nSPS) is 12.9. The van der Waals surface area contributed by atoms with Crippen LogP contribution in [-0.4, -0.2) is 60.1 Å². The Bertz CT molecular complexity index is 1420. The van der Waals surface area contributed by atoms with Gasteiger partial charge in [0.25, 0.3) is 0 Å². The maximum absolute atomic E-state index is 10.8. The third-order valence-corrected chi connectivity index (χ3v) is 7.56. The fourth-order valence-corrected chi connectivity index (χ4v) is 5.04. The maximum Gasteiger partial charge on any atom is 0.478 e. The highest BCUT2D eigenvalue weighted by atomic mass is 35.5. The lowest BCUT2D eigenvalue weighted by molar-refractivity contribution is -0.402. The first-order chi connectivity index (χ1) is 19.1. The molecule has 3 aromatic rings. The Morgan fingerprint density at radius 2 is 1.78 bits per heavy atom. The zero-order chi connectivity index (χ0) is 30.8. The Labute approximate surface area is 241 Å². The molecule has 0 saturated heterocycles. The molecule has 0 spiro atoms.